The summed E-state index contributed by atoms with van der Waals surface area (Å²) < 4.78 is 32.2. The highest BCUT2D eigenvalue weighted by molar-refractivity contribution is 7.89. The Balaban J connectivity index is 1.33. The minimum absolute atomic E-state index is 0.0907. The number of carbonyl (C=O) groups is 1. The van der Waals surface area contributed by atoms with Gasteiger partial charge in [-0.25, -0.2) is 8.42 Å². The first kappa shape index (κ1) is 19.9. The number of hydrogen-bond acceptors (Lipinski definition) is 4. The number of nitrogens with zero attached hydrogens (tertiary/aromatic N) is 1. The highest BCUT2D eigenvalue weighted by Crippen LogP contribution is 2.25. The van der Waals surface area contributed by atoms with E-state index in [-0.39, 0.29) is 17.4 Å². The van der Waals surface area contributed by atoms with Crippen LogP contribution in [0, 0.1) is 0 Å². The summed E-state index contributed by atoms with van der Waals surface area (Å²) in [4.78, 5) is 12.5. The van der Waals surface area contributed by atoms with Crippen molar-refractivity contribution in [3.63, 3.8) is 0 Å². The molecule has 7 heteroatoms. The number of ether oxygens (including phenoxy) is 1. The molecule has 1 amide bonds. The van der Waals surface area contributed by atoms with Crippen molar-refractivity contribution >= 4 is 21.6 Å². The lowest BCUT2D eigenvalue weighted by Crippen LogP contribution is -2.27. The molecule has 154 valence electrons. The van der Waals surface area contributed by atoms with Gasteiger partial charge in [-0.05, 0) is 86.1 Å². The molecule has 29 heavy (non-hydrogen) atoms. The number of amides is 1. The summed E-state index contributed by atoms with van der Waals surface area (Å²) in [5.41, 5.74) is 3.23. The van der Waals surface area contributed by atoms with Crippen molar-refractivity contribution in [2.45, 2.75) is 43.4 Å². The van der Waals surface area contributed by atoms with Crippen LogP contribution in [-0.2, 0) is 27.7 Å². The number of rotatable bonds is 6. The van der Waals surface area contributed by atoms with Crippen molar-refractivity contribution in [1.29, 1.82) is 0 Å². The summed E-state index contributed by atoms with van der Waals surface area (Å²) >= 11 is 0. The second-order valence-corrected chi connectivity index (χ2v) is 9.55. The molecule has 6 nitrogen and oxygen atoms in total. The van der Waals surface area contributed by atoms with Gasteiger partial charge >= 0.3 is 0 Å². The quantitative estimate of drug-likeness (QED) is 0.786. The number of nitrogens with one attached hydrogen (secondary N) is 1. The maximum atomic E-state index is 12.5. The average molecular weight is 415 g/mol. The van der Waals surface area contributed by atoms with E-state index in [1.165, 1.54) is 40.4 Å². The fourth-order valence-corrected chi connectivity index (χ4v) is 5.45. The molecule has 0 atom stereocenters. The Labute approximate surface area is 171 Å². The predicted molar refractivity (Wildman–Crippen MR) is 112 cm³/mol. The number of fused-ring (bicyclic) bond motifs is 1. The van der Waals surface area contributed by atoms with Crippen LogP contribution in [0.1, 0.15) is 36.8 Å². The molecule has 1 aliphatic carbocycles. The molecule has 0 saturated carbocycles. The highest BCUT2D eigenvalue weighted by Gasteiger charge is 2.26. The van der Waals surface area contributed by atoms with Crippen molar-refractivity contribution in [2.75, 3.05) is 25.0 Å². The summed E-state index contributed by atoms with van der Waals surface area (Å²) in [5, 5.41) is 2.75. The van der Waals surface area contributed by atoms with E-state index in [1.807, 2.05) is 12.1 Å². The Bertz CT molecular complexity index is 980. The maximum Gasteiger partial charge on any atom is 0.262 e. The van der Waals surface area contributed by atoms with E-state index in [4.69, 9.17) is 4.74 Å². The van der Waals surface area contributed by atoms with Gasteiger partial charge in [-0.15, -0.1) is 0 Å². The van der Waals surface area contributed by atoms with E-state index in [1.54, 1.807) is 12.1 Å². The Morgan fingerprint density at radius 1 is 0.931 bits per heavy atom. The zero-order valence-electron chi connectivity index (χ0n) is 16.4. The summed E-state index contributed by atoms with van der Waals surface area (Å²) in [5.74, 6) is 0.422. The first-order valence-electron chi connectivity index (χ1n) is 10.2. The number of sulfonamides is 1. The SMILES string of the molecule is O=C(COc1ccc2c(c1)CCCC2)Nc1ccc(S(=O)(=O)N2CCCC2)cc1. The first-order valence-corrected chi connectivity index (χ1v) is 11.6. The first-order chi connectivity index (χ1) is 14.0. The molecule has 0 unspecified atom stereocenters. The highest BCUT2D eigenvalue weighted by atomic mass is 32.2. The summed E-state index contributed by atoms with van der Waals surface area (Å²) in [7, 11) is -3.44. The third kappa shape index (κ3) is 4.62. The predicted octanol–water partition coefficient (Wildman–Crippen LogP) is 3.37. The van der Waals surface area contributed by atoms with Crippen LogP contribution in [-0.4, -0.2) is 38.3 Å². The van der Waals surface area contributed by atoms with Crippen LogP contribution in [0.25, 0.3) is 0 Å². The van der Waals surface area contributed by atoms with Crippen LogP contribution in [0.15, 0.2) is 47.4 Å². The van der Waals surface area contributed by atoms with Crippen LogP contribution in [0.3, 0.4) is 0 Å². The standard InChI is InChI=1S/C22H26N2O4S/c25-22(16-28-20-10-7-17-5-1-2-6-18(17)15-20)23-19-8-11-21(12-9-19)29(26,27)24-13-3-4-14-24/h7-12,15H,1-6,13-14,16H2,(H,23,25). The van der Waals surface area contributed by atoms with E-state index >= 15 is 0 Å². The van der Waals surface area contributed by atoms with Crippen molar-refractivity contribution in [2.24, 2.45) is 0 Å². The van der Waals surface area contributed by atoms with Gasteiger partial charge in [0.05, 0.1) is 4.90 Å². The summed E-state index contributed by atoms with van der Waals surface area (Å²) in [6.45, 7) is 1.05. The Kier molecular flexibility index (Phi) is 5.87. The Morgan fingerprint density at radius 2 is 1.62 bits per heavy atom. The molecule has 1 saturated heterocycles. The van der Waals surface area contributed by atoms with E-state index < -0.39 is 10.0 Å². The lowest BCUT2D eigenvalue weighted by atomic mass is 9.92. The number of anilines is 1. The molecule has 2 aromatic rings. The van der Waals surface area contributed by atoms with Gasteiger partial charge in [0.2, 0.25) is 10.0 Å². The molecule has 0 radical (unpaired) electrons. The van der Waals surface area contributed by atoms with Crippen molar-refractivity contribution in [1.82, 2.24) is 4.31 Å². The topological polar surface area (TPSA) is 75.7 Å². The van der Waals surface area contributed by atoms with E-state index in [0.29, 0.717) is 24.5 Å². The number of aryl methyl sites for hydroxylation is 2. The zero-order valence-corrected chi connectivity index (χ0v) is 17.2. The van der Waals surface area contributed by atoms with Crippen LogP contribution < -0.4 is 10.1 Å². The van der Waals surface area contributed by atoms with E-state index in [9.17, 15) is 13.2 Å². The van der Waals surface area contributed by atoms with Crippen molar-refractivity contribution < 1.29 is 17.9 Å². The molecule has 2 aliphatic rings. The molecule has 1 N–H and O–H groups in total. The molecule has 0 spiro atoms. The molecular formula is C22H26N2O4S. The Hall–Kier alpha value is -2.38. The minimum atomic E-state index is -3.44. The molecule has 4 rings (SSSR count). The van der Waals surface area contributed by atoms with Gasteiger partial charge in [-0.2, -0.15) is 4.31 Å². The normalized spacial score (nSPS) is 17.0. The van der Waals surface area contributed by atoms with Crippen LogP contribution in [0.5, 0.6) is 5.75 Å². The average Bonchev–Trinajstić information content (AvgIpc) is 3.28. The summed E-state index contributed by atoms with van der Waals surface area (Å²) in [6, 6.07) is 12.3. The minimum Gasteiger partial charge on any atom is -0.484 e. The smallest absolute Gasteiger partial charge is 0.262 e. The van der Waals surface area contributed by atoms with Gasteiger partial charge in [0.1, 0.15) is 5.75 Å². The lowest BCUT2D eigenvalue weighted by molar-refractivity contribution is -0.118. The fourth-order valence-electron chi connectivity index (χ4n) is 3.93. The third-order valence-electron chi connectivity index (χ3n) is 5.53. The van der Waals surface area contributed by atoms with Gasteiger partial charge in [0.25, 0.3) is 5.91 Å². The van der Waals surface area contributed by atoms with Crippen LogP contribution in [0.2, 0.25) is 0 Å². The lowest BCUT2D eigenvalue weighted by Gasteiger charge is -2.17. The molecule has 1 heterocycles. The van der Waals surface area contributed by atoms with Crippen molar-refractivity contribution in [3.05, 3.63) is 53.6 Å². The van der Waals surface area contributed by atoms with Crippen LogP contribution in [0.4, 0.5) is 5.69 Å². The molecule has 1 aliphatic heterocycles. The molecule has 1 fully saturated rings. The Morgan fingerprint density at radius 3 is 2.34 bits per heavy atom. The van der Waals surface area contributed by atoms with Gasteiger partial charge in [-0.3, -0.25) is 4.79 Å². The second kappa shape index (κ2) is 8.55. The number of hydrogen-bond donors (Lipinski definition) is 1. The van der Waals surface area contributed by atoms with Gasteiger partial charge < -0.3 is 10.1 Å². The van der Waals surface area contributed by atoms with Gasteiger partial charge in [-0.1, -0.05) is 6.07 Å². The van der Waals surface area contributed by atoms with E-state index in [2.05, 4.69) is 11.4 Å². The molecule has 0 bridgehead atoms. The monoisotopic (exact) mass is 414 g/mol. The second-order valence-electron chi connectivity index (χ2n) is 7.61. The maximum absolute atomic E-state index is 12.5. The number of carbonyl (C=O) groups excluding carboxylic acids is 1. The van der Waals surface area contributed by atoms with Gasteiger partial charge in [0, 0.05) is 18.8 Å². The van der Waals surface area contributed by atoms with Gasteiger partial charge in [0.15, 0.2) is 6.61 Å². The molecule has 0 aromatic heterocycles. The molecular weight excluding hydrogens is 388 g/mol. The van der Waals surface area contributed by atoms with Crippen LogP contribution >= 0.6 is 0 Å². The zero-order chi connectivity index (χ0) is 20.3. The largest absolute Gasteiger partial charge is 0.484 e. The summed E-state index contributed by atoms with van der Waals surface area (Å²) in [6.07, 6.45) is 6.40. The van der Waals surface area contributed by atoms with E-state index in [0.717, 1.165) is 25.7 Å². The number of benzene rings is 2. The fraction of sp³-hybridized carbons (Fsp3) is 0.409. The third-order valence-corrected chi connectivity index (χ3v) is 7.44. The van der Waals surface area contributed by atoms with Crippen molar-refractivity contribution in [3.8, 4) is 5.75 Å². The molecule has 2 aromatic carbocycles.